The van der Waals surface area contributed by atoms with Crippen molar-refractivity contribution in [3.63, 3.8) is 0 Å². The monoisotopic (exact) mass is 295 g/mol. The summed E-state index contributed by atoms with van der Waals surface area (Å²) in [5, 5.41) is 2.83. The van der Waals surface area contributed by atoms with E-state index < -0.39 is 6.90 Å². The van der Waals surface area contributed by atoms with Crippen LogP contribution in [0.1, 0.15) is 45.4 Å². The molecule has 1 N–H and O–H groups in total. The molecule has 0 atom stereocenters. The van der Waals surface area contributed by atoms with Gasteiger partial charge >= 0.3 is 6.90 Å². The molecule has 21 heavy (non-hydrogen) atoms. The van der Waals surface area contributed by atoms with Crippen molar-refractivity contribution in [2.75, 3.05) is 11.9 Å². The average molecular weight is 295 g/mol. The molecular formula is C15H22BF2N2O-. The molecule has 0 saturated carbocycles. The first-order valence-corrected chi connectivity index (χ1v) is 7.74. The molecule has 0 radical (unpaired) electrons. The van der Waals surface area contributed by atoms with E-state index in [4.69, 9.17) is 4.65 Å². The molecule has 0 aliphatic carbocycles. The fourth-order valence-corrected chi connectivity index (χ4v) is 2.40. The highest BCUT2D eigenvalue weighted by Gasteiger charge is 2.37. The van der Waals surface area contributed by atoms with Crippen LogP contribution in [0, 0.1) is 0 Å². The molecule has 0 spiro atoms. The molecular weight excluding hydrogens is 273 g/mol. The number of benzene rings is 1. The van der Waals surface area contributed by atoms with Gasteiger partial charge in [0.15, 0.2) is 0 Å². The van der Waals surface area contributed by atoms with Gasteiger partial charge in [-0.25, -0.2) is 4.99 Å². The maximum absolute atomic E-state index is 13.9. The Bertz CT molecular complexity index is 494. The van der Waals surface area contributed by atoms with E-state index in [0.717, 1.165) is 12.8 Å². The number of fused-ring (bicyclic) bond motifs is 1. The van der Waals surface area contributed by atoms with Gasteiger partial charge in [-0.05, 0) is 12.5 Å². The van der Waals surface area contributed by atoms with Crippen LogP contribution >= 0.6 is 0 Å². The van der Waals surface area contributed by atoms with Crippen LogP contribution in [-0.2, 0) is 4.65 Å². The number of anilines is 1. The van der Waals surface area contributed by atoms with Crippen molar-refractivity contribution in [2.45, 2.75) is 45.4 Å². The van der Waals surface area contributed by atoms with Crippen LogP contribution in [0.4, 0.5) is 14.3 Å². The van der Waals surface area contributed by atoms with Crippen molar-refractivity contribution in [1.29, 1.82) is 0 Å². The van der Waals surface area contributed by atoms with Crippen LogP contribution in [0.5, 0.6) is 0 Å². The van der Waals surface area contributed by atoms with E-state index in [2.05, 4.69) is 17.2 Å². The SMILES string of the molecule is CCCCCCCCN=C1Nc2ccccc2[B-](F)(F)O1. The van der Waals surface area contributed by atoms with Gasteiger partial charge in [-0.15, -0.1) is 0 Å². The fraction of sp³-hybridized carbons (Fsp3) is 0.533. The van der Waals surface area contributed by atoms with E-state index >= 15 is 0 Å². The summed E-state index contributed by atoms with van der Waals surface area (Å²) in [5.41, 5.74) is 0.298. The van der Waals surface area contributed by atoms with Crippen molar-refractivity contribution >= 4 is 24.1 Å². The number of unbranched alkanes of at least 4 members (excludes halogenated alkanes) is 5. The second kappa shape index (κ2) is 7.43. The van der Waals surface area contributed by atoms with Crippen LogP contribution in [0.25, 0.3) is 0 Å². The van der Waals surface area contributed by atoms with Crippen LogP contribution < -0.4 is 10.8 Å². The van der Waals surface area contributed by atoms with Gasteiger partial charge in [0, 0.05) is 12.2 Å². The van der Waals surface area contributed by atoms with Gasteiger partial charge < -0.3 is 18.6 Å². The Kier molecular flexibility index (Phi) is 5.59. The zero-order chi connectivity index (χ0) is 15.1. The van der Waals surface area contributed by atoms with E-state index in [1.54, 1.807) is 18.2 Å². The number of nitrogens with one attached hydrogen (secondary N) is 1. The van der Waals surface area contributed by atoms with Gasteiger partial charge in [-0.1, -0.05) is 62.7 Å². The lowest BCUT2D eigenvalue weighted by Gasteiger charge is -2.35. The van der Waals surface area contributed by atoms with Gasteiger partial charge in [-0.3, -0.25) is 0 Å². The van der Waals surface area contributed by atoms with Crippen LogP contribution in [-0.4, -0.2) is 19.5 Å². The molecule has 1 aromatic carbocycles. The average Bonchev–Trinajstić information content (AvgIpc) is 2.46. The first-order chi connectivity index (χ1) is 10.1. The quantitative estimate of drug-likeness (QED) is 0.611. The molecule has 6 heteroatoms. The van der Waals surface area contributed by atoms with Gasteiger partial charge in [0.25, 0.3) is 0 Å². The summed E-state index contributed by atoms with van der Waals surface area (Å²) in [6.45, 7) is -1.31. The van der Waals surface area contributed by atoms with E-state index in [-0.39, 0.29) is 11.5 Å². The summed E-state index contributed by atoms with van der Waals surface area (Å²) in [4.78, 5) is 4.11. The molecule has 0 amide bonds. The van der Waals surface area contributed by atoms with E-state index in [9.17, 15) is 8.63 Å². The Hall–Kier alpha value is -1.59. The van der Waals surface area contributed by atoms with Crippen LogP contribution in [0.3, 0.4) is 0 Å². The largest absolute Gasteiger partial charge is 0.633 e. The number of aliphatic imine (C=N–C) groups is 1. The third-order valence-electron chi connectivity index (χ3n) is 3.59. The minimum Gasteiger partial charge on any atom is -0.633 e. The van der Waals surface area contributed by atoms with Crippen molar-refractivity contribution in [3.05, 3.63) is 24.3 Å². The third kappa shape index (κ3) is 4.44. The normalized spacial score (nSPS) is 18.0. The Morgan fingerprint density at radius 3 is 2.62 bits per heavy atom. The second-order valence-electron chi connectivity index (χ2n) is 5.38. The highest BCUT2D eigenvalue weighted by molar-refractivity contribution is 6.78. The lowest BCUT2D eigenvalue weighted by molar-refractivity contribution is 0.385. The zero-order valence-corrected chi connectivity index (χ0v) is 12.4. The summed E-state index contributed by atoms with van der Waals surface area (Å²) < 4.78 is 32.5. The van der Waals surface area contributed by atoms with Crippen molar-refractivity contribution in [2.24, 2.45) is 4.99 Å². The van der Waals surface area contributed by atoms with E-state index in [0.29, 0.717) is 12.2 Å². The second-order valence-corrected chi connectivity index (χ2v) is 5.38. The molecule has 1 aromatic rings. The standard InChI is InChI=1S/C15H22BF2N2O/c1-2-3-4-5-6-9-12-19-15-20-14-11-8-7-10-13(14)16(17,18)21-15/h7-8,10-11H,2-6,9,12H2,1H3,(H,19,20)/q-1. The number of halogens is 2. The number of rotatable bonds is 7. The highest BCUT2D eigenvalue weighted by atomic mass is 19.3. The number of nitrogens with zero attached hydrogens (tertiary/aromatic N) is 1. The molecule has 1 heterocycles. The predicted octanol–water partition coefficient (Wildman–Crippen LogP) is 3.93. The number of para-hydroxylation sites is 1. The Morgan fingerprint density at radius 2 is 1.81 bits per heavy atom. The Balaban J connectivity index is 1.84. The van der Waals surface area contributed by atoms with Crippen molar-refractivity contribution < 1.29 is 13.3 Å². The molecule has 0 unspecified atom stereocenters. The van der Waals surface area contributed by atoms with Crippen molar-refractivity contribution in [3.8, 4) is 0 Å². The topological polar surface area (TPSA) is 33.6 Å². The molecule has 0 aromatic heterocycles. The van der Waals surface area contributed by atoms with Gasteiger partial charge in [0.2, 0.25) is 6.02 Å². The van der Waals surface area contributed by atoms with Gasteiger partial charge in [0.05, 0.1) is 0 Å². The summed E-state index contributed by atoms with van der Waals surface area (Å²) in [7, 11) is 0. The molecule has 0 saturated heterocycles. The molecule has 0 bridgehead atoms. The molecule has 0 fully saturated rings. The minimum absolute atomic E-state index is 0.0627. The number of hydrogen-bond acceptors (Lipinski definition) is 2. The Morgan fingerprint density at radius 1 is 1.10 bits per heavy atom. The van der Waals surface area contributed by atoms with Crippen LogP contribution in [0.15, 0.2) is 29.3 Å². The molecule has 1 aliphatic rings. The summed E-state index contributed by atoms with van der Waals surface area (Å²) in [6.07, 6.45) is 6.86. The zero-order valence-electron chi connectivity index (χ0n) is 12.4. The highest BCUT2D eigenvalue weighted by Crippen LogP contribution is 2.21. The smallest absolute Gasteiger partial charge is 0.537 e. The predicted molar refractivity (Wildman–Crippen MR) is 84.4 cm³/mol. The fourth-order valence-electron chi connectivity index (χ4n) is 2.40. The third-order valence-corrected chi connectivity index (χ3v) is 3.59. The first-order valence-electron chi connectivity index (χ1n) is 7.74. The van der Waals surface area contributed by atoms with Crippen LogP contribution in [0.2, 0.25) is 0 Å². The molecule has 3 nitrogen and oxygen atoms in total. The molecule has 116 valence electrons. The Labute approximate surface area is 124 Å². The maximum atomic E-state index is 13.9. The van der Waals surface area contributed by atoms with E-state index in [1.807, 2.05) is 0 Å². The number of amidine groups is 1. The number of hydrogen-bond donors (Lipinski definition) is 1. The summed E-state index contributed by atoms with van der Waals surface area (Å²) >= 11 is 0. The van der Waals surface area contributed by atoms with Gasteiger partial charge in [0.1, 0.15) is 0 Å². The van der Waals surface area contributed by atoms with E-state index in [1.165, 1.54) is 31.7 Å². The van der Waals surface area contributed by atoms with Crippen molar-refractivity contribution in [1.82, 2.24) is 0 Å². The lowest BCUT2D eigenvalue weighted by atomic mass is 9.74. The maximum Gasteiger partial charge on any atom is 0.537 e. The molecule has 1 aliphatic heterocycles. The lowest BCUT2D eigenvalue weighted by Crippen LogP contribution is -2.51. The summed E-state index contributed by atoms with van der Waals surface area (Å²) in [5.74, 6) is 0. The molecule has 2 rings (SSSR count). The first kappa shape index (κ1) is 15.8. The van der Waals surface area contributed by atoms with Gasteiger partial charge in [-0.2, -0.15) is 0 Å². The minimum atomic E-state index is -4.01. The summed E-state index contributed by atoms with van der Waals surface area (Å²) in [6, 6.07) is 6.24.